The van der Waals surface area contributed by atoms with Crippen LogP contribution >= 0.6 is 0 Å². The number of aryl methyl sites for hydroxylation is 2. The largest absolute Gasteiger partial charge is 0.365 e. The van der Waals surface area contributed by atoms with Crippen LogP contribution in [0.3, 0.4) is 0 Å². The molecule has 2 saturated carbocycles. The molecule has 3 N–H and O–H groups in total. The van der Waals surface area contributed by atoms with Crippen LogP contribution < -0.4 is 15.5 Å². The van der Waals surface area contributed by atoms with Crippen molar-refractivity contribution in [1.82, 2.24) is 35.6 Å². The number of aromatic amines is 1. The van der Waals surface area contributed by atoms with E-state index in [1.54, 1.807) is 0 Å². The summed E-state index contributed by atoms with van der Waals surface area (Å²) in [5.41, 5.74) is 8.38. The number of rotatable bonds is 7. The maximum absolute atomic E-state index is 12.4. The monoisotopic (exact) mass is 504 g/mol. The first kappa shape index (κ1) is 24.4. The van der Waals surface area contributed by atoms with Gasteiger partial charge in [-0.05, 0) is 69.9 Å². The maximum atomic E-state index is 12.4. The van der Waals surface area contributed by atoms with Crippen molar-refractivity contribution in [2.75, 3.05) is 24.5 Å². The predicted octanol–water partition coefficient (Wildman–Crippen LogP) is 3.40. The first-order valence-corrected chi connectivity index (χ1v) is 14.1. The van der Waals surface area contributed by atoms with Crippen molar-refractivity contribution in [3.63, 3.8) is 0 Å². The van der Waals surface area contributed by atoms with Crippen LogP contribution in [0.5, 0.6) is 0 Å². The Labute approximate surface area is 218 Å². The molecule has 9 heteroatoms. The second-order valence-electron chi connectivity index (χ2n) is 11.6. The van der Waals surface area contributed by atoms with E-state index in [2.05, 4.69) is 48.4 Å². The van der Waals surface area contributed by atoms with E-state index in [0.29, 0.717) is 23.9 Å². The van der Waals surface area contributed by atoms with E-state index in [9.17, 15) is 4.79 Å². The molecule has 2 bridgehead atoms. The minimum atomic E-state index is 0.142. The number of carbonyl (C=O) groups is 1. The van der Waals surface area contributed by atoms with Gasteiger partial charge in [0.05, 0.1) is 24.1 Å². The van der Waals surface area contributed by atoms with Gasteiger partial charge in [0.2, 0.25) is 5.91 Å². The topological polar surface area (TPSA) is 104 Å². The predicted molar refractivity (Wildman–Crippen MR) is 144 cm³/mol. The molecule has 9 nitrogen and oxygen atoms in total. The third-order valence-corrected chi connectivity index (χ3v) is 9.09. The van der Waals surface area contributed by atoms with Gasteiger partial charge in [0.1, 0.15) is 11.0 Å². The number of fused-ring (bicyclic) bond motifs is 4. The lowest BCUT2D eigenvalue weighted by Crippen LogP contribution is -2.51. The van der Waals surface area contributed by atoms with Crippen LogP contribution in [0.15, 0.2) is 12.3 Å². The number of nitrogens with zero attached hydrogens (tertiary/aromatic N) is 5. The number of H-pyrrole nitrogens is 1. The fourth-order valence-corrected chi connectivity index (χ4v) is 7.29. The van der Waals surface area contributed by atoms with E-state index in [1.807, 2.05) is 20.0 Å². The lowest BCUT2D eigenvalue weighted by Gasteiger charge is -2.49. The zero-order valence-electron chi connectivity index (χ0n) is 22.4. The van der Waals surface area contributed by atoms with Crippen molar-refractivity contribution < 1.29 is 4.79 Å². The van der Waals surface area contributed by atoms with Crippen molar-refractivity contribution in [1.29, 1.82) is 0 Å². The fourth-order valence-electron chi connectivity index (χ4n) is 7.29. The second-order valence-corrected chi connectivity index (χ2v) is 11.6. The van der Waals surface area contributed by atoms with Crippen molar-refractivity contribution in [2.24, 2.45) is 11.3 Å². The minimum Gasteiger partial charge on any atom is -0.365 e. The number of anilines is 1. The van der Waals surface area contributed by atoms with Crippen LogP contribution in [-0.2, 0) is 24.3 Å². The average molecular weight is 505 g/mol. The third-order valence-electron chi connectivity index (χ3n) is 9.09. The summed E-state index contributed by atoms with van der Waals surface area (Å²) < 4.78 is 2.36. The summed E-state index contributed by atoms with van der Waals surface area (Å²) in [6, 6.07) is 2.49. The van der Waals surface area contributed by atoms with Gasteiger partial charge in [-0.15, -0.1) is 0 Å². The summed E-state index contributed by atoms with van der Waals surface area (Å²) in [6.07, 6.45) is 10.0. The third kappa shape index (κ3) is 4.62. The quantitative estimate of drug-likeness (QED) is 0.456. The lowest BCUT2D eigenvalue weighted by molar-refractivity contribution is -0.122. The Balaban J connectivity index is 1.18. The molecule has 37 heavy (non-hydrogen) atoms. The van der Waals surface area contributed by atoms with E-state index in [4.69, 9.17) is 5.10 Å². The fraction of sp³-hybridized carbons (Fsp3) is 0.643. The molecule has 3 atom stereocenters. The van der Waals surface area contributed by atoms with Gasteiger partial charge >= 0.3 is 0 Å². The molecule has 3 aromatic rings. The summed E-state index contributed by atoms with van der Waals surface area (Å²) in [5, 5.41) is 19.0. The van der Waals surface area contributed by atoms with Gasteiger partial charge in [-0.1, -0.05) is 13.3 Å². The van der Waals surface area contributed by atoms with E-state index < -0.39 is 0 Å². The van der Waals surface area contributed by atoms with Gasteiger partial charge < -0.3 is 15.5 Å². The van der Waals surface area contributed by atoms with Crippen LogP contribution in [0.4, 0.5) is 5.69 Å². The number of hydrogen-bond donors (Lipinski definition) is 3. The molecule has 0 saturated heterocycles. The molecule has 3 unspecified atom stereocenters. The Bertz CT molecular complexity index is 1290. The van der Waals surface area contributed by atoms with Crippen molar-refractivity contribution in [3.05, 3.63) is 34.9 Å². The number of likely N-dealkylation sites (N-methyl/N-ethyl adjacent to an activating group) is 1. The Kier molecular flexibility index (Phi) is 6.42. The number of pyridine rings is 1. The van der Waals surface area contributed by atoms with Gasteiger partial charge in [-0.2, -0.15) is 10.2 Å². The summed E-state index contributed by atoms with van der Waals surface area (Å²) in [4.78, 5) is 19.4. The molecular weight excluding hydrogens is 464 g/mol. The van der Waals surface area contributed by atoms with Crippen molar-refractivity contribution in [2.45, 2.75) is 84.8 Å². The molecule has 3 aliphatic rings. The molecule has 0 radical (unpaired) electrons. The van der Waals surface area contributed by atoms with Gasteiger partial charge in [0.25, 0.3) is 0 Å². The number of nitrogens with one attached hydrogen (secondary N) is 3. The van der Waals surface area contributed by atoms with E-state index in [0.717, 1.165) is 61.4 Å². The zero-order valence-corrected chi connectivity index (χ0v) is 22.4. The molecule has 2 fully saturated rings. The van der Waals surface area contributed by atoms with Crippen LogP contribution in [0.25, 0.3) is 11.0 Å². The number of carbonyl (C=O) groups excluding carboxylic acids is 1. The average Bonchev–Trinajstić information content (AvgIpc) is 3.48. The van der Waals surface area contributed by atoms with E-state index in [-0.39, 0.29) is 5.91 Å². The highest BCUT2D eigenvalue weighted by Crippen LogP contribution is 2.50. The molecule has 0 spiro atoms. The highest BCUT2D eigenvalue weighted by atomic mass is 16.2. The Morgan fingerprint density at radius 2 is 2.16 bits per heavy atom. The Morgan fingerprint density at radius 3 is 3.03 bits per heavy atom. The normalized spacial score (nSPS) is 25.3. The Hall–Kier alpha value is -2.94. The molecule has 1 aliphatic heterocycles. The standard InChI is InChI=1S/C28H40N8O/c1-4-29-15-26(37)32-22-7-10-28(9-5-6-20(22)13-28)17-36-24-8-11-35(16-21(24)19(3)34-36)25-12-18(2)31-23-14-30-33-27(23)25/h12,14,20,22,29H,4-11,13,15-17H2,1-3H3,(H,30,33)(H,32,37). The second kappa shape index (κ2) is 9.74. The molecule has 0 aromatic carbocycles. The molecule has 4 heterocycles. The zero-order chi connectivity index (χ0) is 25.6. The molecule has 2 aliphatic carbocycles. The van der Waals surface area contributed by atoms with Crippen molar-refractivity contribution >= 4 is 22.6 Å². The number of aromatic nitrogens is 5. The van der Waals surface area contributed by atoms with Gasteiger partial charge in [-0.25, -0.2) is 4.98 Å². The van der Waals surface area contributed by atoms with E-state index in [1.165, 1.54) is 49.0 Å². The summed E-state index contributed by atoms with van der Waals surface area (Å²) in [7, 11) is 0. The summed E-state index contributed by atoms with van der Waals surface area (Å²) in [5.74, 6) is 0.728. The van der Waals surface area contributed by atoms with Crippen LogP contribution in [0.1, 0.15) is 68.1 Å². The smallest absolute Gasteiger partial charge is 0.234 e. The van der Waals surface area contributed by atoms with E-state index >= 15 is 0 Å². The van der Waals surface area contributed by atoms with Gasteiger partial charge in [-0.3, -0.25) is 14.6 Å². The molecule has 3 aromatic heterocycles. The lowest BCUT2D eigenvalue weighted by atomic mass is 9.60. The molecule has 1 amide bonds. The summed E-state index contributed by atoms with van der Waals surface area (Å²) in [6.45, 7) is 10.3. The molecule has 6 rings (SSSR count). The Morgan fingerprint density at radius 1 is 1.27 bits per heavy atom. The van der Waals surface area contributed by atoms with Crippen molar-refractivity contribution in [3.8, 4) is 0 Å². The van der Waals surface area contributed by atoms with Crippen LogP contribution in [-0.4, -0.2) is 56.5 Å². The van der Waals surface area contributed by atoms with Gasteiger partial charge in [0, 0.05) is 49.0 Å². The van der Waals surface area contributed by atoms with Gasteiger partial charge in [0.15, 0.2) is 0 Å². The van der Waals surface area contributed by atoms with Crippen LogP contribution in [0.2, 0.25) is 0 Å². The highest BCUT2D eigenvalue weighted by Gasteiger charge is 2.44. The first-order valence-electron chi connectivity index (χ1n) is 14.1. The first-order chi connectivity index (χ1) is 17.9. The number of amides is 1. The molecule has 198 valence electrons. The summed E-state index contributed by atoms with van der Waals surface area (Å²) >= 11 is 0. The highest BCUT2D eigenvalue weighted by molar-refractivity contribution is 5.88. The van der Waals surface area contributed by atoms with Crippen LogP contribution in [0, 0.1) is 25.2 Å². The SMILES string of the molecule is CCNCC(=O)NC1CCC2(Cn3nc(C)c4c3CCN(c3cc(C)nc5cn[nH]c35)C4)CCCC1C2. The minimum absolute atomic E-state index is 0.142. The molecular formula is C28H40N8O. The number of hydrogen-bond acceptors (Lipinski definition) is 6. The maximum Gasteiger partial charge on any atom is 0.234 e.